The lowest BCUT2D eigenvalue weighted by molar-refractivity contribution is 0.0988. The number of aryl methyl sites for hydroxylation is 1. The molecule has 0 fully saturated rings. The van der Waals surface area contributed by atoms with Crippen molar-refractivity contribution in [3.8, 4) is 5.75 Å². The number of methoxy groups -OCH3 is 1. The fourth-order valence-electron chi connectivity index (χ4n) is 1.78. The summed E-state index contributed by atoms with van der Waals surface area (Å²) in [5, 5.41) is 0. The van der Waals surface area contributed by atoms with Gasteiger partial charge in [0.1, 0.15) is 11.4 Å². The van der Waals surface area contributed by atoms with Crippen molar-refractivity contribution in [3.05, 3.63) is 34.9 Å². The number of Topliss-reactive ketones (excluding diaryl/α,β-unsaturated/α-hetero) is 1. The molecule has 18 heavy (non-hydrogen) atoms. The molecule has 0 aromatic carbocycles. The monoisotopic (exact) mass is 263 g/mol. The highest BCUT2D eigenvalue weighted by molar-refractivity contribution is 6.99. The highest BCUT2D eigenvalue weighted by atomic mass is 32.1. The molecule has 0 bridgehead atoms. The number of ether oxygens (including phenoxy) is 1. The molecule has 2 heterocycles. The van der Waals surface area contributed by atoms with E-state index < -0.39 is 0 Å². The van der Waals surface area contributed by atoms with Crippen molar-refractivity contribution in [3.63, 3.8) is 0 Å². The Balaban J connectivity index is 2.27. The lowest BCUT2D eigenvalue weighted by Crippen LogP contribution is -2.08. The van der Waals surface area contributed by atoms with Crippen molar-refractivity contribution in [1.82, 2.24) is 13.7 Å². The third-order valence-electron chi connectivity index (χ3n) is 2.72. The molecule has 0 aliphatic rings. The van der Waals surface area contributed by atoms with Crippen LogP contribution in [0.4, 0.5) is 0 Å². The van der Waals surface area contributed by atoms with E-state index in [1.807, 2.05) is 13.8 Å². The number of aromatic nitrogens is 3. The number of carbonyl (C=O) groups is 1. The zero-order valence-corrected chi connectivity index (χ0v) is 11.2. The molecule has 0 saturated heterocycles. The van der Waals surface area contributed by atoms with E-state index >= 15 is 0 Å². The number of ketones is 1. The molecule has 0 amide bonds. The van der Waals surface area contributed by atoms with Gasteiger partial charge in [0, 0.05) is 17.3 Å². The summed E-state index contributed by atoms with van der Waals surface area (Å²) in [5.74, 6) is 0.703. The van der Waals surface area contributed by atoms with E-state index in [1.54, 1.807) is 13.3 Å². The van der Waals surface area contributed by atoms with Gasteiger partial charge in [-0.1, -0.05) is 0 Å². The SMILES string of the molecule is COc1c(C)cnc(CC(=O)c2cnsn2)c1C. The minimum Gasteiger partial charge on any atom is -0.496 e. The van der Waals surface area contributed by atoms with Crippen LogP contribution in [0.25, 0.3) is 0 Å². The Kier molecular flexibility index (Phi) is 3.66. The Morgan fingerprint density at radius 2 is 2.17 bits per heavy atom. The molecule has 0 aliphatic heterocycles. The van der Waals surface area contributed by atoms with Gasteiger partial charge in [-0.15, -0.1) is 0 Å². The zero-order valence-electron chi connectivity index (χ0n) is 10.4. The van der Waals surface area contributed by atoms with Gasteiger partial charge < -0.3 is 4.74 Å². The van der Waals surface area contributed by atoms with Crippen molar-refractivity contribution in [1.29, 1.82) is 0 Å². The normalized spacial score (nSPS) is 10.4. The van der Waals surface area contributed by atoms with Crippen LogP contribution in [0.5, 0.6) is 5.75 Å². The van der Waals surface area contributed by atoms with E-state index in [0.717, 1.165) is 34.3 Å². The van der Waals surface area contributed by atoms with Gasteiger partial charge in [0.25, 0.3) is 0 Å². The lowest BCUT2D eigenvalue weighted by atomic mass is 10.1. The lowest BCUT2D eigenvalue weighted by Gasteiger charge is -2.11. The molecule has 94 valence electrons. The van der Waals surface area contributed by atoms with Crippen molar-refractivity contribution >= 4 is 17.5 Å². The molecule has 0 saturated carbocycles. The summed E-state index contributed by atoms with van der Waals surface area (Å²) in [6, 6.07) is 0. The summed E-state index contributed by atoms with van der Waals surface area (Å²) in [6.07, 6.45) is 3.41. The molecule has 2 rings (SSSR count). The molecule has 2 aromatic rings. The van der Waals surface area contributed by atoms with Gasteiger partial charge in [-0.2, -0.15) is 8.75 Å². The van der Waals surface area contributed by atoms with Crippen LogP contribution < -0.4 is 4.74 Å². The molecule has 0 unspecified atom stereocenters. The van der Waals surface area contributed by atoms with Crippen LogP contribution in [0, 0.1) is 13.8 Å². The van der Waals surface area contributed by atoms with Crippen molar-refractivity contribution in [2.24, 2.45) is 0 Å². The zero-order chi connectivity index (χ0) is 13.1. The highest BCUT2D eigenvalue weighted by Gasteiger charge is 2.15. The number of nitrogens with zero attached hydrogens (tertiary/aromatic N) is 3. The molecule has 2 aromatic heterocycles. The molecule has 0 N–H and O–H groups in total. The van der Waals surface area contributed by atoms with E-state index in [4.69, 9.17) is 4.74 Å². The minimum atomic E-state index is -0.0785. The van der Waals surface area contributed by atoms with E-state index in [9.17, 15) is 4.79 Å². The first-order chi connectivity index (χ1) is 8.63. The van der Waals surface area contributed by atoms with Gasteiger partial charge in [0.2, 0.25) is 0 Å². The van der Waals surface area contributed by atoms with Gasteiger partial charge >= 0.3 is 0 Å². The fraction of sp³-hybridized carbons (Fsp3) is 0.333. The van der Waals surface area contributed by atoms with Crippen LogP contribution >= 0.6 is 11.7 Å². The summed E-state index contributed by atoms with van der Waals surface area (Å²) in [7, 11) is 1.62. The van der Waals surface area contributed by atoms with Crippen LogP contribution in [-0.4, -0.2) is 26.6 Å². The molecule has 0 radical (unpaired) electrons. The highest BCUT2D eigenvalue weighted by Crippen LogP contribution is 2.24. The Morgan fingerprint density at radius 3 is 2.78 bits per heavy atom. The van der Waals surface area contributed by atoms with Gasteiger partial charge in [-0.25, -0.2) is 0 Å². The molecule has 0 aliphatic carbocycles. The number of hydrogen-bond acceptors (Lipinski definition) is 6. The molecule has 6 heteroatoms. The van der Waals surface area contributed by atoms with E-state index in [2.05, 4.69) is 13.7 Å². The van der Waals surface area contributed by atoms with E-state index in [0.29, 0.717) is 5.69 Å². The smallest absolute Gasteiger partial charge is 0.189 e. The predicted molar refractivity (Wildman–Crippen MR) is 68.2 cm³/mol. The summed E-state index contributed by atoms with van der Waals surface area (Å²) in [6.45, 7) is 3.83. The second kappa shape index (κ2) is 5.22. The summed E-state index contributed by atoms with van der Waals surface area (Å²) < 4.78 is 13.1. The van der Waals surface area contributed by atoms with Gasteiger partial charge in [-0.3, -0.25) is 9.78 Å². The van der Waals surface area contributed by atoms with Crippen LogP contribution in [0.2, 0.25) is 0 Å². The molecule has 0 atom stereocenters. The Hall–Kier alpha value is -1.82. The van der Waals surface area contributed by atoms with Crippen LogP contribution in [0.3, 0.4) is 0 Å². The Morgan fingerprint density at radius 1 is 1.39 bits per heavy atom. The Labute approximate surface area is 109 Å². The second-order valence-electron chi connectivity index (χ2n) is 3.94. The van der Waals surface area contributed by atoms with Crippen molar-refractivity contribution in [2.45, 2.75) is 20.3 Å². The summed E-state index contributed by atoms with van der Waals surface area (Å²) in [4.78, 5) is 16.2. The Bertz CT molecular complexity index is 567. The summed E-state index contributed by atoms with van der Waals surface area (Å²) >= 11 is 1.03. The maximum absolute atomic E-state index is 11.9. The molecular weight excluding hydrogens is 250 g/mol. The third-order valence-corrected chi connectivity index (χ3v) is 3.20. The van der Waals surface area contributed by atoms with Crippen LogP contribution in [0.15, 0.2) is 12.4 Å². The number of hydrogen-bond donors (Lipinski definition) is 0. The van der Waals surface area contributed by atoms with E-state index in [1.165, 1.54) is 6.20 Å². The number of carbonyl (C=O) groups excluding carboxylic acids is 1. The maximum Gasteiger partial charge on any atom is 0.189 e. The largest absolute Gasteiger partial charge is 0.496 e. The van der Waals surface area contributed by atoms with Crippen LogP contribution in [0.1, 0.15) is 27.3 Å². The van der Waals surface area contributed by atoms with Crippen molar-refractivity contribution < 1.29 is 9.53 Å². The predicted octanol–water partition coefficient (Wildman–Crippen LogP) is 1.98. The van der Waals surface area contributed by atoms with Crippen LogP contribution in [-0.2, 0) is 6.42 Å². The molecule has 5 nitrogen and oxygen atoms in total. The average molecular weight is 263 g/mol. The summed E-state index contributed by atoms with van der Waals surface area (Å²) in [5.41, 5.74) is 2.96. The third kappa shape index (κ3) is 2.38. The standard InChI is InChI=1S/C12H13N3O2S/c1-7-5-13-9(8(2)12(7)17-3)4-11(16)10-6-14-18-15-10/h5-6H,4H2,1-3H3. The molecule has 0 spiro atoms. The minimum absolute atomic E-state index is 0.0785. The average Bonchev–Trinajstić information content (AvgIpc) is 2.87. The fourth-order valence-corrected chi connectivity index (χ4v) is 2.21. The molecular formula is C12H13N3O2S. The number of rotatable bonds is 4. The first kappa shape index (κ1) is 12.6. The topological polar surface area (TPSA) is 65.0 Å². The quantitative estimate of drug-likeness (QED) is 0.789. The first-order valence-corrected chi connectivity index (χ1v) is 6.16. The van der Waals surface area contributed by atoms with E-state index in [-0.39, 0.29) is 12.2 Å². The van der Waals surface area contributed by atoms with Gasteiger partial charge in [0.05, 0.1) is 37.1 Å². The maximum atomic E-state index is 11.9. The van der Waals surface area contributed by atoms with Gasteiger partial charge in [-0.05, 0) is 13.8 Å². The van der Waals surface area contributed by atoms with Crippen molar-refractivity contribution in [2.75, 3.05) is 7.11 Å². The van der Waals surface area contributed by atoms with Gasteiger partial charge in [0.15, 0.2) is 5.78 Å². The first-order valence-electron chi connectivity index (χ1n) is 5.43. The number of pyridine rings is 1. The second-order valence-corrected chi connectivity index (χ2v) is 4.50.